The van der Waals surface area contributed by atoms with Crippen LogP contribution in [0.25, 0.3) is 0 Å². The van der Waals surface area contributed by atoms with Gasteiger partial charge in [0.25, 0.3) is 0 Å². The van der Waals surface area contributed by atoms with Crippen LogP contribution >= 0.6 is 0 Å². The van der Waals surface area contributed by atoms with Gasteiger partial charge in [0.15, 0.2) is 6.29 Å². The molecule has 0 aromatic carbocycles. The molecule has 2 unspecified atom stereocenters. The Morgan fingerprint density at radius 3 is 2.75 bits per heavy atom. The van der Waals surface area contributed by atoms with Gasteiger partial charge in [-0.05, 0) is 31.6 Å². The number of rotatable bonds is 9. The number of hydroxylamine groups is 2. The highest BCUT2D eigenvalue weighted by Gasteiger charge is 2.28. The molecule has 0 radical (unpaired) electrons. The van der Waals surface area contributed by atoms with Gasteiger partial charge in [0.1, 0.15) is 0 Å². The van der Waals surface area contributed by atoms with Gasteiger partial charge in [-0.1, -0.05) is 12.8 Å². The summed E-state index contributed by atoms with van der Waals surface area (Å²) < 4.78 is 5.39. The zero-order valence-corrected chi connectivity index (χ0v) is 11.7. The minimum atomic E-state index is -0.870. The third kappa shape index (κ3) is 5.09. The van der Waals surface area contributed by atoms with Crippen LogP contribution in [-0.4, -0.2) is 42.0 Å². The Balaban J connectivity index is 1.77. The minimum absolute atomic E-state index is 0.0887. The van der Waals surface area contributed by atoms with Crippen LogP contribution in [0.2, 0.25) is 0 Å². The highest BCUT2D eigenvalue weighted by atomic mass is 16.8. The van der Waals surface area contributed by atoms with E-state index in [1.807, 2.05) is 0 Å². The van der Waals surface area contributed by atoms with Gasteiger partial charge in [0.2, 0.25) is 6.41 Å². The molecule has 0 aromatic rings. The van der Waals surface area contributed by atoms with E-state index in [-0.39, 0.29) is 6.54 Å². The van der Waals surface area contributed by atoms with Crippen molar-refractivity contribution in [2.75, 3.05) is 13.2 Å². The van der Waals surface area contributed by atoms with E-state index in [1.54, 1.807) is 0 Å². The maximum absolute atomic E-state index is 11.2. The summed E-state index contributed by atoms with van der Waals surface area (Å²) in [6.07, 6.45) is 6.79. The third-order valence-electron chi connectivity index (χ3n) is 3.88. The number of nitrogens with zero attached hydrogens (tertiary/aromatic N) is 1. The van der Waals surface area contributed by atoms with Crippen LogP contribution in [0, 0.1) is 11.8 Å². The molecular weight excluding hydrogens is 262 g/mol. The molecule has 1 aliphatic carbocycles. The summed E-state index contributed by atoms with van der Waals surface area (Å²) in [4.78, 5) is 27.7. The molecule has 0 bridgehead atoms. The van der Waals surface area contributed by atoms with Crippen molar-refractivity contribution >= 4 is 12.4 Å². The quantitative estimate of drug-likeness (QED) is 0.516. The number of carbonyl (C=O) groups excluding carboxylic acids is 1. The second-order valence-electron chi connectivity index (χ2n) is 5.66. The number of carboxylic acids is 1. The fourth-order valence-corrected chi connectivity index (χ4v) is 2.41. The molecule has 2 aliphatic rings. The first-order chi connectivity index (χ1) is 9.69. The molecule has 2 rings (SSSR count). The third-order valence-corrected chi connectivity index (χ3v) is 3.88. The summed E-state index contributed by atoms with van der Waals surface area (Å²) in [5, 5.41) is 10.3. The van der Waals surface area contributed by atoms with Gasteiger partial charge >= 0.3 is 5.97 Å². The highest BCUT2D eigenvalue weighted by Crippen LogP contribution is 2.34. The molecule has 20 heavy (non-hydrogen) atoms. The predicted octanol–water partition coefficient (Wildman–Crippen LogP) is 1.79. The van der Waals surface area contributed by atoms with Gasteiger partial charge in [-0.15, -0.1) is 0 Å². The lowest BCUT2D eigenvalue weighted by atomic mass is 10.0. The summed E-state index contributed by atoms with van der Waals surface area (Å²) in [6.45, 7) is 0.715. The minimum Gasteiger partial charge on any atom is -0.481 e. The van der Waals surface area contributed by atoms with Crippen molar-refractivity contribution in [2.24, 2.45) is 11.8 Å². The van der Waals surface area contributed by atoms with Gasteiger partial charge in [0, 0.05) is 13.0 Å². The number of carboxylic acid groups (broad SMARTS) is 1. The fourth-order valence-electron chi connectivity index (χ4n) is 2.41. The van der Waals surface area contributed by atoms with Crippen molar-refractivity contribution in [2.45, 2.75) is 51.2 Å². The number of hydrogen-bond donors (Lipinski definition) is 1. The second kappa shape index (κ2) is 7.59. The van der Waals surface area contributed by atoms with E-state index in [1.165, 1.54) is 12.8 Å². The first-order valence-electron chi connectivity index (χ1n) is 7.42. The van der Waals surface area contributed by atoms with E-state index in [4.69, 9.17) is 9.57 Å². The van der Waals surface area contributed by atoms with E-state index < -0.39 is 18.2 Å². The van der Waals surface area contributed by atoms with Crippen LogP contribution in [0.4, 0.5) is 0 Å². The average Bonchev–Trinajstić information content (AvgIpc) is 3.27. The van der Waals surface area contributed by atoms with Crippen LogP contribution in [0.5, 0.6) is 0 Å². The van der Waals surface area contributed by atoms with Gasteiger partial charge < -0.3 is 9.84 Å². The van der Waals surface area contributed by atoms with Crippen molar-refractivity contribution in [3.8, 4) is 0 Å². The zero-order valence-electron chi connectivity index (χ0n) is 11.7. The molecule has 1 saturated heterocycles. The Morgan fingerprint density at radius 2 is 2.20 bits per heavy atom. The van der Waals surface area contributed by atoms with Crippen LogP contribution in [0.15, 0.2) is 0 Å². The van der Waals surface area contributed by atoms with E-state index in [9.17, 15) is 14.7 Å². The van der Waals surface area contributed by atoms with E-state index in [0.29, 0.717) is 25.4 Å². The molecule has 2 fully saturated rings. The molecular formula is C14H23NO5. The molecule has 1 aliphatic heterocycles. The van der Waals surface area contributed by atoms with E-state index in [0.717, 1.165) is 30.7 Å². The van der Waals surface area contributed by atoms with Gasteiger partial charge in [-0.2, -0.15) is 0 Å². The molecule has 114 valence electrons. The van der Waals surface area contributed by atoms with Crippen LogP contribution in [0.3, 0.4) is 0 Å². The molecule has 1 amide bonds. The first kappa shape index (κ1) is 15.3. The number of aliphatic carboxylic acids is 1. The van der Waals surface area contributed by atoms with Gasteiger partial charge in [-0.25, -0.2) is 9.90 Å². The SMILES string of the molecule is O=CN(CC(CCC1CC1)C(=O)O)OC1CCCCO1. The largest absolute Gasteiger partial charge is 0.481 e. The summed E-state index contributed by atoms with van der Waals surface area (Å²) in [7, 11) is 0. The summed E-state index contributed by atoms with van der Waals surface area (Å²) in [6, 6.07) is 0. The van der Waals surface area contributed by atoms with Crippen molar-refractivity contribution in [1.82, 2.24) is 5.06 Å². The molecule has 2 atom stereocenters. The van der Waals surface area contributed by atoms with Crippen molar-refractivity contribution in [3.05, 3.63) is 0 Å². The molecule has 0 aromatic heterocycles. The predicted molar refractivity (Wildman–Crippen MR) is 70.5 cm³/mol. The maximum atomic E-state index is 11.2. The average molecular weight is 285 g/mol. The molecule has 1 heterocycles. The van der Waals surface area contributed by atoms with Crippen LogP contribution in [0.1, 0.15) is 44.9 Å². The molecule has 0 spiro atoms. The lowest BCUT2D eigenvalue weighted by Gasteiger charge is -2.28. The second-order valence-corrected chi connectivity index (χ2v) is 5.66. The van der Waals surface area contributed by atoms with Gasteiger partial charge in [-0.3, -0.25) is 9.59 Å². The lowest BCUT2D eigenvalue weighted by molar-refractivity contribution is -0.276. The smallest absolute Gasteiger partial charge is 0.308 e. The zero-order chi connectivity index (χ0) is 14.4. The standard InChI is InChI=1S/C14H23NO5/c16-10-15(20-13-3-1-2-8-19-13)9-12(14(17)18)7-6-11-4-5-11/h10-13H,1-9H2,(H,17,18). The Morgan fingerprint density at radius 1 is 1.40 bits per heavy atom. The number of ether oxygens (including phenoxy) is 1. The fraction of sp³-hybridized carbons (Fsp3) is 0.857. The van der Waals surface area contributed by atoms with Crippen molar-refractivity contribution in [3.63, 3.8) is 0 Å². The molecule has 6 heteroatoms. The normalized spacial score (nSPS) is 24.1. The Labute approximate surface area is 119 Å². The van der Waals surface area contributed by atoms with Crippen LogP contribution < -0.4 is 0 Å². The number of amides is 1. The van der Waals surface area contributed by atoms with E-state index >= 15 is 0 Å². The van der Waals surface area contributed by atoms with E-state index in [2.05, 4.69) is 0 Å². The monoisotopic (exact) mass is 285 g/mol. The Kier molecular flexibility index (Phi) is 5.79. The Bertz CT molecular complexity index is 326. The molecule has 6 nitrogen and oxygen atoms in total. The summed E-state index contributed by atoms with van der Waals surface area (Å²) >= 11 is 0. The van der Waals surface area contributed by atoms with Crippen molar-refractivity contribution in [1.29, 1.82) is 0 Å². The molecule has 1 saturated carbocycles. The van der Waals surface area contributed by atoms with Crippen molar-refractivity contribution < 1.29 is 24.3 Å². The summed E-state index contributed by atoms with van der Waals surface area (Å²) in [5.41, 5.74) is 0. The maximum Gasteiger partial charge on any atom is 0.308 e. The first-order valence-corrected chi connectivity index (χ1v) is 7.42. The van der Waals surface area contributed by atoms with Crippen LogP contribution in [-0.2, 0) is 19.2 Å². The molecule has 1 N–H and O–H groups in total. The number of carbonyl (C=O) groups is 2. The highest BCUT2D eigenvalue weighted by molar-refractivity contribution is 5.70. The number of hydrogen-bond acceptors (Lipinski definition) is 4. The lowest BCUT2D eigenvalue weighted by Crippen LogP contribution is -2.37. The Hall–Kier alpha value is -1.14. The summed E-state index contributed by atoms with van der Waals surface area (Å²) in [5.74, 6) is -0.751. The van der Waals surface area contributed by atoms with Gasteiger partial charge in [0.05, 0.1) is 12.5 Å². The topological polar surface area (TPSA) is 76.1 Å².